The van der Waals surface area contributed by atoms with E-state index in [0.717, 1.165) is 0 Å². The molecule has 0 radical (unpaired) electrons. The number of benzene rings is 1. The summed E-state index contributed by atoms with van der Waals surface area (Å²) in [4.78, 5) is 30.3. The van der Waals surface area contributed by atoms with Gasteiger partial charge in [-0.15, -0.1) is 0 Å². The van der Waals surface area contributed by atoms with Gasteiger partial charge in [-0.1, -0.05) is 37.2 Å². The average Bonchev–Trinajstić information content (AvgIpc) is 3.00. The van der Waals surface area contributed by atoms with E-state index in [9.17, 15) is 14.7 Å². The molecule has 26 heavy (non-hydrogen) atoms. The molecule has 0 spiro atoms. The van der Waals surface area contributed by atoms with Crippen molar-refractivity contribution in [3.8, 4) is 0 Å². The van der Waals surface area contributed by atoms with Crippen LogP contribution in [-0.2, 0) is 4.79 Å². The minimum atomic E-state index is -1.10. The quantitative estimate of drug-likeness (QED) is 0.755. The molecule has 1 aromatic carbocycles. The predicted octanol–water partition coefficient (Wildman–Crippen LogP) is 3.39. The van der Waals surface area contributed by atoms with Crippen molar-refractivity contribution in [3.05, 3.63) is 53.3 Å². The molecule has 7 heteroatoms. The number of carbonyl (C=O) groups is 2. The number of aliphatic carboxylic acids is 1. The van der Waals surface area contributed by atoms with Gasteiger partial charge in [-0.25, -0.2) is 4.98 Å². The molecule has 2 heterocycles. The first-order valence-corrected chi connectivity index (χ1v) is 8.24. The summed E-state index contributed by atoms with van der Waals surface area (Å²) in [5.41, 5.74) is 2.34. The van der Waals surface area contributed by atoms with Gasteiger partial charge in [-0.3, -0.25) is 14.5 Å². The third-order valence-corrected chi connectivity index (χ3v) is 4.07. The highest BCUT2D eigenvalue weighted by atomic mass is 16.5. The Balaban J connectivity index is 2.17. The topological polar surface area (TPSA) is 96.5 Å². The molecule has 7 nitrogen and oxygen atoms in total. The van der Waals surface area contributed by atoms with E-state index in [1.165, 1.54) is 4.90 Å². The Morgan fingerprint density at radius 2 is 1.92 bits per heavy atom. The number of rotatable bonds is 5. The van der Waals surface area contributed by atoms with Gasteiger partial charge in [-0.05, 0) is 31.0 Å². The van der Waals surface area contributed by atoms with Crippen LogP contribution in [0.15, 0.2) is 40.9 Å². The molecule has 1 N–H and O–H groups in total. The number of pyridine rings is 1. The lowest BCUT2D eigenvalue weighted by atomic mass is 10.0. The van der Waals surface area contributed by atoms with E-state index in [2.05, 4.69) is 10.1 Å². The number of amides is 1. The fraction of sp³-hybridized carbons (Fsp3) is 0.263. The van der Waals surface area contributed by atoms with Gasteiger partial charge in [-0.2, -0.15) is 0 Å². The summed E-state index contributed by atoms with van der Waals surface area (Å²) in [6.07, 6.45) is 0. The number of aryl methyl sites for hydroxylation is 1. The molecule has 0 bridgehead atoms. The Bertz CT molecular complexity index is 964. The summed E-state index contributed by atoms with van der Waals surface area (Å²) in [6, 6.07) is 10.4. The number of hydrogen-bond donors (Lipinski definition) is 1. The molecule has 0 saturated carbocycles. The minimum Gasteiger partial charge on any atom is -0.480 e. The van der Waals surface area contributed by atoms with Crippen molar-refractivity contribution < 1.29 is 19.2 Å². The van der Waals surface area contributed by atoms with Crippen molar-refractivity contribution in [2.75, 3.05) is 11.4 Å². The van der Waals surface area contributed by atoms with Crippen molar-refractivity contribution in [1.82, 2.24) is 10.1 Å². The number of nitrogens with zero attached hydrogens (tertiary/aromatic N) is 3. The zero-order valence-electron chi connectivity index (χ0n) is 14.8. The van der Waals surface area contributed by atoms with Crippen LogP contribution in [0.2, 0.25) is 0 Å². The minimum absolute atomic E-state index is 0.0704. The van der Waals surface area contributed by atoms with E-state index in [0.29, 0.717) is 28.0 Å². The van der Waals surface area contributed by atoms with Crippen LogP contribution in [0.1, 0.15) is 41.5 Å². The predicted molar refractivity (Wildman–Crippen MR) is 96.4 cm³/mol. The number of carboxylic acids is 1. The van der Waals surface area contributed by atoms with Gasteiger partial charge in [0, 0.05) is 11.4 Å². The average molecular weight is 353 g/mol. The van der Waals surface area contributed by atoms with E-state index in [4.69, 9.17) is 4.52 Å². The highest BCUT2D eigenvalue weighted by Crippen LogP contribution is 2.27. The van der Waals surface area contributed by atoms with E-state index < -0.39 is 18.4 Å². The molecule has 134 valence electrons. The van der Waals surface area contributed by atoms with Gasteiger partial charge in [0.1, 0.15) is 6.54 Å². The number of anilines is 1. The molecular weight excluding hydrogens is 334 g/mol. The maximum absolute atomic E-state index is 13.3. The van der Waals surface area contributed by atoms with E-state index >= 15 is 0 Å². The molecule has 0 atom stereocenters. The molecule has 0 fully saturated rings. The molecule has 0 aliphatic heterocycles. The zero-order chi connectivity index (χ0) is 18.8. The van der Waals surface area contributed by atoms with Gasteiger partial charge < -0.3 is 9.63 Å². The van der Waals surface area contributed by atoms with Crippen LogP contribution < -0.4 is 4.90 Å². The van der Waals surface area contributed by atoms with Crippen molar-refractivity contribution in [2.24, 2.45) is 0 Å². The lowest BCUT2D eigenvalue weighted by molar-refractivity contribution is -0.135. The lowest BCUT2D eigenvalue weighted by Crippen LogP contribution is -2.36. The molecule has 0 aliphatic rings. The monoisotopic (exact) mass is 353 g/mol. The van der Waals surface area contributed by atoms with Crippen molar-refractivity contribution >= 4 is 28.7 Å². The van der Waals surface area contributed by atoms with Crippen LogP contribution in [0.5, 0.6) is 0 Å². The van der Waals surface area contributed by atoms with E-state index in [1.54, 1.807) is 43.3 Å². The molecule has 0 aliphatic carbocycles. The number of hydrogen-bond acceptors (Lipinski definition) is 5. The van der Waals surface area contributed by atoms with Crippen LogP contribution in [0, 0.1) is 6.92 Å². The maximum Gasteiger partial charge on any atom is 0.323 e. The van der Waals surface area contributed by atoms with Gasteiger partial charge in [0.05, 0.1) is 16.6 Å². The Hall–Kier alpha value is -3.22. The first kappa shape index (κ1) is 17.6. The summed E-state index contributed by atoms with van der Waals surface area (Å²) >= 11 is 0. The van der Waals surface area contributed by atoms with Crippen LogP contribution >= 0.6 is 0 Å². The van der Waals surface area contributed by atoms with Gasteiger partial charge in [0.25, 0.3) is 11.6 Å². The number of para-hydroxylation sites is 1. The van der Waals surface area contributed by atoms with Crippen molar-refractivity contribution in [3.63, 3.8) is 0 Å². The number of aromatic nitrogens is 2. The van der Waals surface area contributed by atoms with Crippen molar-refractivity contribution in [2.45, 2.75) is 26.7 Å². The summed E-state index contributed by atoms with van der Waals surface area (Å²) in [7, 11) is 0. The SMILES string of the molecule is Cc1noc2nc(C(C)C)cc(C(=O)N(CC(=O)O)c3ccccc3)c12. The number of fused-ring (bicyclic) bond motifs is 1. The summed E-state index contributed by atoms with van der Waals surface area (Å²) in [6.45, 7) is 5.19. The second-order valence-electron chi connectivity index (χ2n) is 6.32. The first-order chi connectivity index (χ1) is 12.4. The van der Waals surface area contributed by atoms with Crippen LogP contribution in [0.4, 0.5) is 5.69 Å². The lowest BCUT2D eigenvalue weighted by Gasteiger charge is -2.21. The van der Waals surface area contributed by atoms with Crippen LogP contribution in [0.25, 0.3) is 11.1 Å². The second kappa shape index (κ2) is 6.95. The summed E-state index contributed by atoms with van der Waals surface area (Å²) < 4.78 is 5.25. The normalized spacial score (nSPS) is 11.1. The largest absolute Gasteiger partial charge is 0.480 e. The number of carboxylic acid groups (broad SMARTS) is 1. The molecule has 1 amide bonds. The second-order valence-corrected chi connectivity index (χ2v) is 6.32. The van der Waals surface area contributed by atoms with E-state index in [-0.39, 0.29) is 11.6 Å². The third kappa shape index (κ3) is 3.28. The molecule has 0 unspecified atom stereocenters. The highest BCUT2D eigenvalue weighted by molar-refractivity contribution is 6.14. The molecular formula is C19H19N3O4. The van der Waals surface area contributed by atoms with Crippen molar-refractivity contribution in [1.29, 1.82) is 0 Å². The Morgan fingerprint density at radius 3 is 2.54 bits per heavy atom. The Kier molecular flexibility index (Phi) is 4.71. The maximum atomic E-state index is 13.3. The molecule has 3 rings (SSSR count). The summed E-state index contributed by atoms with van der Waals surface area (Å²) in [5, 5.41) is 13.7. The van der Waals surface area contributed by atoms with E-state index in [1.807, 2.05) is 13.8 Å². The highest BCUT2D eigenvalue weighted by Gasteiger charge is 2.26. The molecule has 0 saturated heterocycles. The third-order valence-electron chi connectivity index (χ3n) is 4.07. The number of carbonyl (C=O) groups excluding carboxylic acids is 1. The van der Waals surface area contributed by atoms with Gasteiger partial charge in [0.2, 0.25) is 0 Å². The van der Waals surface area contributed by atoms with Gasteiger partial charge in [0.15, 0.2) is 0 Å². The molecule has 3 aromatic rings. The Labute approximate surface area is 150 Å². The fourth-order valence-electron chi connectivity index (χ4n) is 2.75. The van der Waals surface area contributed by atoms with Crippen LogP contribution in [0.3, 0.4) is 0 Å². The first-order valence-electron chi connectivity index (χ1n) is 8.24. The Morgan fingerprint density at radius 1 is 1.23 bits per heavy atom. The van der Waals surface area contributed by atoms with Crippen LogP contribution in [-0.4, -0.2) is 33.7 Å². The molecule has 2 aromatic heterocycles. The fourth-order valence-corrected chi connectivity index (χ4v) is 2.75. The summed E-state index contributed by atoms with van der Waals surface area (Å²) in [5.74, 6) is -1.46. The standard InChI is InChI=1S/C19H19N3O4/c1-11(2)15-9-14(17-12(3)21-26-18(17)20-15)19(25)22(10-16(23)24)13-7-5-4-6-8-13/h4-9,11H,10H2,1-3H3,(H,23,24). The smallest absolute Gasteiger partial charge is 0.323 e. The zero-order valence-corrected chi connectivity index (χ0v) is 14.8. The van der Waals surface area contributed by atoms with Gasteiger partial charge >= 0.3 is 5.97 Å².